The average Bonchev–Trinajstić information content (AvgIpc) is 2.35. The molecule has 1 N–H and O–H groups in total. The average molecular weight is 334 g/mol. The van der Waals surface area contributed by atoms with E-state index >= 15 is 0 Å². The smallest absolute Gasteiger partial charge is 0.251 e. The van der Waals surface area contributed by atoms with Crippen LogP contribution in [-0.2, 0) is 10.8 Å². The summed E-state index contributed by atoms with van der Waals surface area (Å²) in [4.78, 5) is 11.9. The summed E-state index contributed by atoms with van der Waals surface area (Å²) < 4.78 is 17.0. The van der Waals surface area contributed by atoms with E-state index < -0.39 is 10.8 Å². The van der Waals surface area contributed by atoms with Crippen molar-refractivity contribution in [3.8, 4) is 5.75 Å². The molecule has 4 nitrogen and oxygen atoms in total. The second-order valence-electron chi connectivity index (χ2n) is 3.87. The fraction of sp³-hybridized carbons (Fsp3) is 0.417. The Kier molecular flexibility index (Phi) is 5.81. The molecule has 1 amide bonds. The Morgan fingerprint density at radius 3 is 2.72 bits per heavy atom. The maximum atomic E-state index is 11.9. The molecule has 0 spiro atoms. The lowest BCUT2D eigenvalue weighted by Crippen LogP contribution is -2.32. The van der Waals surface area contributed by atoms with Gasteiger partial charge in [0, 0.05) is 34.4 Å². The van der Waals surface area contributed by atoms with Crippen LogP contribution in [-0.4, -0.2) is 35.3 Å². The highest BCUT2D eigenvalue weighted by Gasteiger charge is 2.11. The molecule has 0 aliphatic heterocycles. The highest BCUT2D eigenvalue weighted by molar-refractivity contribution is 9.10. The molecule has 0 radical (unpaired) electrons. The lowest BCUT2D eigenvalue weighted by atomic mass is 10.2. The largest absolute Gasteiger partial charge is 0.496 e. The first kappa shape index (κ1) is 15.2. The zero-order valence-corrected chi connectivity index (χ0v) is 12.9. The van der Waals surface area contributed by atoms with Gasteiger partial charge in [-0.1, -0.05) is 0 Å². The normalized spacial score (nSPS) is 13.8. The van der Waals surface area contributed by atoms with E-state index in [0.717, 1.165) is 4.47 Å². The number of rotatable bonds is 5. The van der Waals surface area contributed by atoms with Gasteiger partial charge in [-0.15, -0.1) is 0 Å². The molecule has 2 atom stereocenters. The third kappa shape index (κ3) is 4.10. The first-order chi connectivity index (χ1) is 8.45. The summed E-state index contributed by atoms with van der Waals surface area (Å²) >= 11 is 3.33. The Morgan fingerprint density at radius 2 is 2.22 bits per heavy atom. The number of halogens is 1. The van der Waals surface area contributed by atoms with Crippen molar-refractivity contribution >= 4 is 32.6 Å². The minimum atomic E-state index is -0.937. The molecule has 100 valence electrons. The maximum absolute atomic E-state index is 11.9. The van der Waals surface area contributed by atoms with Crippen LogP contribution in [0.15, 0.2) is 22.7 Å². The van der Waals surface area contributed by atoms with Crippen molar-refractivity contribution < 1.29 is 13.7 Å². The minimum absolute atomic E-state index is 0.0596. The van der Waals surface area contributed by atoms with Gasteiger partial charge >= 0.3 is 0 Å². The van der Waals surface area contributed by atoms with Gasteiger partial charge in [-0.2, -0.15) is 0 Å². The van der Waals surface area contributed by atoms with Crippen LogP contribution < -0.4 is 10.1 Å². The summed E-state index contributed by atoms with van der Waals surface area (Å²) in [6, 6.07) is 5.11. The van der Waals surface area contributed by atoms with E-state index in [0.29, 0.717) is 17.9 Å². The van der Waals surface area contributed by atoms with E-state index in [1.54, 1.807) is 31.6 Å². The molecular weight excluding hydrogens is 318 g/mol. The molecule has 1 rings (SSSR count). The van der Waals surface area contributed by atoms with Crippen molar-refractivity contribution in [2.45, 2.75) is 12.2 Å². The number of carbonyl (C=O) groups is 1. The molecule has 2 unspecified atom stereocenters. The Labute approximate surface area is 118 Å². The van der Waals surface area contributed by atoms with E-state index in [1.807, 2.05) is 6.92 Å². The third-order valence-corrected chi connectivity index (χ3v) is 4.45. The second-order valence-corrected chi connectivity index (χ2v) is 6.52. The van der Waals surface area contributed by atoms with Crippen LogP contribution in [0, 0.1) is 0 Å². The highest BCUT2D eigenvalue weighted by Crippen LogP contribution is 2.25. The number of nitrogens with one attached hydrogen (secondary N) is 1. The lowest BCUT2D eigenvalue weighted by Gasteiger charge is -2.10. The predicted molar refractivity (Wildman–Crippen MR) is 76.6 cm³/mol. The van der Waals surface area contributed by atoms with E-state index in [-0.39, 0.29) is 11.2 Å². The first-order valence-corrected chi connectivity index (χ1v) is 7.81. The van der Waals surface area contributed by atoms with Crippen LogP contribution in [0.3, 0.4) is 0 Å². The summed E-state index contributed by atoms with van der Waals surface area (Å²) in [5.74, 6) is 0.491. The van der Waals surface area contributed by atoms with E-state index in [1.165, 1.54) is 0 Å². The van der Waals surface area contributed by atoms with Crippen LogP contribution >= 0.6 is 15.9 Å². The van der Waals surface area contributed by atoms with Crippen molar-refractivity contribution in [3.63, 3.8) is 0 Å². The molecule has 1 aromatic carbocycles. The fourth-order valence-corrected chi connectivity index (χ4v) is 2.12. The number of ether oxygens (including phenoxy) is 1. The van der Waals surface area contributed by atoms with Crippen LogP contribution in [0.25, 0.3) is 0 Å². The monoisotopic (exact) mass is 333 g/mol. The topological polar surface area (TPSA) is 55.4 Å². The Balaban J connectivity index is 2.67. The van der Waals surface area contributed by atoms with Gasteiger partial charge in [-0.25, -0.2) is 0 Å². The minimum Gasteiger partial charge on any atom is -0.496 e. The number of hydrogen-bond donors (Lipinski definition) is 1. The van der Waals surface area contributed by atoms with E-state index in [9.17, 15) is 9.00 Å². The van der Waals surface area contributed by atoms with Crippen molar-refractivity contribution in [1.82, 2.24) is 5.32 Å². The van der Waals surface area contributed by atoms with Crippen molar-refractivity contribution in [3.05, 3.63) is 28.2 Å². The van der Waals surface area contributed by atoms with Gasteiger partial charge in [0.25, 0.3) is 5.91 Å². The van der Waals surface area contributed by atoms with Gasteiger partial charge in [-0.3, -0.25) is 9.00 Å². The molecule has 0 fully saturated rings. The lowest BCUT2D eigenvalue weighted by molar-refractivity contribution is 0.0954. The van der Waals surface area contributed by atoms with Gasteiger partial charge in [0.2, 0.25) is 0 Å². The molecule has 0 saturated carbocycles. The van der Waals surface area contributed by atoms with E-state index in [4.69, 9.17) is 4.74 Å². The summed E-state index contributed by atoms with van der Waals surface area (Å²) in [5, 5.41) is 2.69. The number of amides is 1. The fourth-order valence-electron chi connectivity index (χ4n) is 1.26. The second kappa shape index (κ2) is 6.89. The number of benzene rings is 1. The molecule has 6 heteroatoms. The number of hydrogen-bond acceptors (Lipinski definition) is 3. The zero-order valence-electron chi connectivity index (χ0n) is 10.5. The van der Waals surface area contributed by atoms with Crippen LogP contribution in [0.2, 0.25) is 0 Å². The van der Waals surface area contributed by atoms with Crippen LogP contribution in [0.5, 0.6) is 5.75 Å². The van der Waals surface area contributed by atoms with Gasteiger partial charge < -0.3 is 10.1 Å². The standard InChI is InChI=1S/C12H16BrNO3S/c1-8(18(3)16)7-14-12(15)9-4-5-11(17-2)10(13)6-9/h4-6,8H,7H2,1-3H3,(H,14,15). The first-order valence-electron chi connectivity index (χ1n) is 5.39. The molecule has 0 saturated heterocycles. The molecular formula is C12H16BrNO3S. The highest BCUT2D eigenvalue weighted by atomic mass is 79.9. The Morgan fingerprint density at radius 1 is 1.56 bits per heavy atom. The van der Waals surface area contributed by atoms with Crippen molar-refractivity contribution in [1.29, 1.82) is 0 Å². The quantitative estimate of drug-likeness (QED) is 0.896. The molecule has 0 bridgehead atoms. The third-order valence-electron chi connectivity index (χ3n) is 2.53. The SMILES string of the molecule is COc1ccc(C(=O)NCC(C)S(C)=O)cc1Br. The van der Waals surface area contributed by atoms with Gasteiger partial charge in [0.15, 0.2) is 0 Å². The molecule has 0 aliphatic carbocycles. The number of carbonyl (C=O) groups excluding carboxylic acids is 1. The maximum Gasteiger partial charge on any atom is 0.251 e. The summed E-state index contributed by atoms with van der Waals surface area (Å²) in [5.41, 5.74) is 0.539. The van der Waals surface area contributed by atoms with Crippen LogP contribution in [0.1, 0.15) is 17.3 Å². The summed E-state index contributed by atoms with van der Waals surface area (Å²) in [7, 11) is 0.631. The van der Waals surface area contributed by atoms with Gasteiger partial charge in [0.1, 0.15) is 5.75 Å². The van der Waals surface area contributed by atoms with Crippen LogP contribution in [0.4, 0.5) is 0 Å². The van der Waals surface area contributed by atoms with Gasteiger partial charge in [-0.05, 0) is 41.1 Å². The zero-order chi connectivity index (χ0) is 13.7. The summed E-state index contributed by atoms with van der Waals surface area (Å²) in [6.07, 6.45) is 1.63. The predicted octanol–water partition coefficient (Wildman–Crippen LogP) is 1.95. The van der Waals surface area contributed by atoms with Gasteiger partial charge in [0.05, 0.1) is 11.6 Å². The van der Waals surface area contributed by atoms with Crippen molar-refractivity contribution in [2.24, 2.45) is 0 Å². The molecule has 0 aliphatic rings. The molecule has 1 aromatic rings. The molecule has 0 aromatic heterocycles. The Hall–Kier alpha value is -0.880. The molecule has 0 heterocycles. The Bertz CT molecular complexity index is 465. The van der Waals surface area contributed by atoms with Crippen molar-refractivity contribution in [2.75, 3.05) is 19.9 Å². The summed E-state index contributed by atoms with van der Waals surface area (Å²) in [6.45, 7) is 2.23. The molecule has 18 heavy (non-hydrogen) atoms. The van der Waals surface area contributed by atoms with E-state index in [2.05, 4.69) is 21.2 Å². The number of methoxy groups -OCH3 is 1.